The van der Waals surface area contributed by atoms with Crippen molar-refractivity contribution in [2.75, 3.05) is 5.32 Å². The lowest BCUT2D eigenvalue weighted by molar-refractivity contribution is 0.630. The van der Waals surface area contributed by atoms with Crippen LogP contribution in [0.1, 0.15) is 19.3 Å². The summed E-state index contributed by atoms with van der Waals surface area (Å²) in [6.45, 7) is 0.148. The second-order valence-corrected chi connectivity index (χ2v) is 4.57. The first-order valence-electron chi connectivity index (χ1n) is 5.83. The Balaban J connectivity index is 2.26. The molecule has 1 atom stereocenters. The summed E-state index contributed by atoms with van der Waals surface area (Å²) < 4.78 is 1.23. The number of hydrogen-bond donors (Lipinski definition) is 1. The fraction of sp³-hybridized carbons (Fsp3) is 0.385. The number of rotatable bonds is 3. The van der Waals surface area contributed by atoms with Gasteiger partial charge >= 0.3 is 0 Å². The Morgan fingerprint density at radius 1 is 1.61 bits per heavy atom. The average Bonchev–Trinajstić information content (AvgIpc) is 2.39. The van der Waals surface area contributed by atoms with Crippen LogP contribution in [0.2, 0.25) is 5.02 Å². The van der Waals surface area contributed by atoms with Crippen molar-refractivity contribution < 1.29 is 0 Å². The van der Waals surface area contributed by atoms with E-state index in [4.69, 9.17) is 18.0 Å². The Morgan fingerprint density at radius 2 is 2.44 bits per heavy atom. The van der Waals surface area contributed by atoms with E-state index in [0.29, 0.717) is 10.7 Å². The van der Waals surface area contributed by atoms with Crippen LogP contribution in [0.25, 0.3) is 0 Å². The van der Waals surface area contributed by atoms with Crippen LogP contribution in [0.3, 0.4) is 0 Å². The number of allylic oxidation sites excluding steroid dienone is 1. The topological polar surface area (TPSA) is 46.9 Å². The van der Waals surface area contributed by atoms with Crippen molar-refractivity contribution in [3.8, 4) is 12.3 Å². The van der Waals surface area contributed by atoms with Crippen molar-refractivity contribution >= 4 is 17.3 Å². The lowest BCUT2D eigenvalue weighted by atomic mass is 10.0. The maximum Gasteiger partial charge on any atom is 0.292 e. The molecule has 5 heteroatoms. The van der Waals surface area contributed by atoms with Crippen LogP contribution >= 0.6 is 11.6 Å². The minimum atomic E-state index is -0.269. The minimum absolute atomic E-state index is 0.148. The molecule has 0 radical (unpaired) electrons. The first-order chi connectivity index (χ1) is 8.72. The smallest absolute Gasteiger partial charge is 0.292 e. The van der Waals surface area contributed by atoms with Crippen molar-refractivity contribution in [3.05, 3.63) is 33.7 Å². The van der Waals surface area contributed by atoms with Crippen LogP contribution in [0.4, 0.5) is 5.69 Å². The van der Waals surface area contributed by atoms with Crippen LogP contribution in [0.15, 0.2) is 23.1 Å². The molecule has 1 aliphatic carbocycles. The molecule has 0 aromatic carbocycles. The quantitative estimate of drug-likeness (QED) is 0.671. The third-order valence-electron chi connectivity index (χ3n) is 2.86. The van der Waals surface area contributed by atoms with Crippen molar-refractivity contribution in [1.82, 2.24) is 9.78 Å². The fourth-order valence-electron chi connectivity index (χ4n) is 1.93. The lowest BCUT2D eigenvalue weighted by Gasteiger charge is -2.20. The average molecular weight is 264 g/mol. The first kappa shape index (κ1) is 12.7. The summed E-state index contributed by atoms with van der Waals surface area (Å²) in [5.74, 6) is 2.39. The van der Waals surface area contributed by atoms with Crippen LogP contribution in [-0.2, 0) is 6.54 Å². The van der Waals surface area contributed by atoms with E-state index in [0.717, 1.165) is 19.3 Å². The predicted molar refractivity (Wildman–Crippen MR) is 72.7 cm³/mol. The maximum atomic E-state index is 12.1. The Bertz CT molecular complexity index is 556. The molecular formula is C13H14ClN3O. The van der Waals surface area contributed by atoms with Gasteiger partial charge in [0.1, 0.15) is 12.2 Å². The van der Waals surface area contributed by atoms with E-state index in [1.54, 1.807) is 0 Å². The van der Waals surface area contributed by atoms with Gasteiger partial charge in [-0.15, -0.1) is 6.42 Å². The Kier molecular flexibility index (Phi) is 4.06. The Morgan fingerprint density at radius 3 is 3.11 bits per heavy atom. The van der Waals surface area contributed by atoms with Gasteiger partial charge in [-0.3, -0.25) is 4.79 Å². The zero-order valence-corrected chi connectivity index (χ0v) is 10.7. The standard InChI is InChI=1S/C13H14ClN3O/c1-2-8-17-13(18)12(11(14)9-15-17)16-10-6-4-3-5-7-10/h1,3-4,9-10,16H,5-8H2. The molecule has 1 aromatic heterocycles. The molecule has 1 N–H and O–H groups in total. The van der Waals surface area contributed by atoms with E-state index in [1.165, 1.54) is 10.9 Å². The summed E-state index contributed by atoms with van der Waals surface area (Å²) in [4.78, 5) is 12.1. The van der Waals surface area contributed by atoms with Gasteiger partial charge in [-0.25, -0.2) is 4.68 Å². The highest BCUT2D eigenvalue weighted by molar-refractivity contribution is 6.33. The molecule has 1 heterocycles. The second-order valence-electron chi connectivity index (χ2n) is 4.16. The van der Waals surface area contributed by atoms with Gasteiger partial charge in [-0.05, 0) is 19.3 Å². The van der Waals surface area contributed by atoms with Gasteiger partial charge in [0.05, 0.1) is 11.2 Å². The highest BCUT2D eigenvalue weighted by atomic mass is 35.5. The van der Waals surface area contributed by atoms with Crippen molar-refractivity contribution in [3.63, 3.8) is 0 Å². The molecule has 0 saturated heterocycles. The fourth-order valence-corrected chi connectivity index (χ4v) is 2.11. The van der Waals surface area contributed by atoms with Gasteiger partial charge in [0.2, 0.25) is 0 Å². The first-order valence-corrected chi connectivity index (χ1v) is 6.21. The van der Waals surface area contributed by atoms with Crippen LogP contribution in [0.5, 0.6) is 0 Å². The summed E-state index contributed by atoms with van der Waals surface area (Å²) in [6, 6.07) is 0.238. The van der Waals surface area contributed by atoms with Gasteiger partial charge in [0.15, 0.2) is 0 Å². The molecule has 1 aliphatic rings. The Hall–Kier alpha value is -1.73. The highest BCUT2D eigenvalue weighted by Gasteiger charge is 2.15. The van der Waals surface area contributed by atoms with E-state index in [9.17, 15) is 4.79 Å². The molecule has 1 aromatic rings. The molecule has 0 bridgehead atoms. The SMILES string of the molecule is C#CCn1ncc(Cl)c(NC2CC=CCC2)c1=O. The van der Waals surface area contributed by atoms with Gasteiger partial charge in [0, 0.05) is 6.04 Å². The maximum absolute atomic E-state index is 12.1. The van der Waals surface area contributed by atoms with E-state index in [1.807, 2.05) is 0 Å². The Labute approximate surface area is 111 Å². The molecular weight excluding hydrogens is 250 g/mol. The number of hydrogen-bond acceptors (Lipinski definition) is 3. The number of nitrogens with zero attached hydrogens (tertiary/aromatic N) is 2. The van der Waals surface area contributed by atoms with Crippen LogP contribution in [0, 0.1) is 12.3 Å². The van der Waals surface area contributed by atoms with Crippen molar-refractivity contribution in [2.24, 2.45) is 0 Å². The molecule has 4 nitrogen and oxygen atoms in total. The van der Waals surface area contributed by atoms with Gasteiger partial charge in [-0.1, -0.05) is 29.7 Å². The number of aromatic nitrogens is 2. The number of nitrogens with one attached hydrogen (secondary N) is 1. The summed E-state index contributed by atoms with van der Waals surface area (Å²) in [7, 11) is 0. The lowest BCUT2D eigenvalue weighted by Crippen LogP contribution is -2.30. The van der Waals surface area contributed by atoms with Gasteiger partial charge < -0.3 is 5.32 Å². The molecule has 1 unspecified atom stereocenters. The van der Waals surface area contributed by atoms with Crippen molar-refractivity contribution in [2.45, 2.75) is 31.8 Å². The minimum Gasteiger partial charge on any atom is -0.376 e. The van der Waals surface area contributed by atoms with Gasteiger partial charge in [-0.2, -0.15) is 5.10 Å². The largest absolute Gasteiger partial charge is 0.376 e. The summed E-state index contributed by atoms with van der Waals surface area (Å²) >= 11 is 6.01. The molecule has 94 valence electrons. The molecule has 0 amide bonds. The summed E-state index contributed by atoms with van der Waals surface area (Å²) in [6.07, 6.45) is 13.8. The monoisotopic (exact) mass is 263 g/mol. The van der Waals surface area contributed by atoms with Gasteiger partial charge in [0.25, 0.3) is 5.56 Å². The molecule has 18 heavy (non-hydrogen) atoms. The van der Waals surface area contributed by atoms with Crippen LogP contribution in [-0.4, -0.2) is 15.8 Å². The molecule has 2 rings (SSSR count). The number of terminal acetylenes is 1. The van der Waals surface area contributed by atoms with E-state index >= 15 is 0 Å². The second kappa shape index (κ2) is 5.74. The van der Waals surface area contributed by atoms with Crippen molar-refractivity contribution in [1.29, 1.82) is 0 Å². The molecule has 0 fully saturated rings. The third-order valence-corrected chi connectivity index (χ3v) is 3.14. The highest BCUT2D eigenvalue weighted by Crippen LogP contribution is 2.20. The number of halogens is 1. The molecule has 0 aliphatic heterocycles. The van der Waals surface area contributed by atoms with E-state index < -0.39 is 0 Å². The molecule has 0 saturated carbocycles. The van der Waals surface area contributed by atoms with Crippen LogP contribution < -0.4 is 10.9 Å². The summed E-state index contributed by atoms with van der Waals surface area (Å²) in [5.41, 5.74) is 0.122. The van der Waals surface area contributed by atoms with E-state index in [-0.39, 0.29) is 18.1 Å². The van der Waals surface area contributed by atoms with E-state index in [2.05, 4.69) is 28.5 Å². The zero-order valence-electron chi connectivity index (χ0n) is 9.90. The normalized spacial score (nSPS) is 18.3. The summed E-state index contributed by atoms with van der Waals surface area (Å²) in [5, 5.41) is 7.42. The molecule has 0 spiro atoms. The predicted octanol–water partition coefficient (Wildman–Crippen LogP) is 2.05. The number of anilines is 1. The zero-order chi connectivity index (χ0) is 13.0. The third kappa shape index (κ3) is 2.74.